The lowest BCUT2D eigenvalue weighted by molar-refractivity contribution is -0.147. The minimum absolute atomic E-state index is 0.0125. The Hall–Kier alpha value is -2.30. The Morgan fingerprint density at radius 3 is 2.42 bits per heavy atom. The van der Waals surface area contributed by atoms with Crippen LogP contribution in [0.4, 0.5) is 13.2 Å². The van der Waals surface area contributed by atoms with Crippen LogP contribution in [0.15, 0.2) is 21.4 Å². The van der Waals surface area contributed by atoms with Gasteiger partial charge < -0.3 is 14.6 Å². The first-order valence-corrected chi connectivity index (χ1v) is 12.8. The number of aromatic carboxylic acids is 1. The molecule has 10 nitrogen and oxygen atoms in total. The first kappa shape index (κ1) is 28.3. The fourth-order valence-electron chi connectivity index (χ4n) is 2.80. The lowest BCUT2D eigenvalue weighted by atomic mass is 10.1. The van der Waals surface area contributed by atoms with Crippen LogP contribution in [0.25, 0.3) is 21.3 Å². The molecule has 0 saturated heterocycles. The van der Waals surface area contributed by atoms with E-state index in [1.165, 1.54) is 18.6 Å². The van der Waals surface area contributed by atoms with Crippen molar-refractivity contribution in [3.8, 4) is 21.3 Å². The summed E-state index contributed by atoms with van der Waals surface area (Å²) < 4.78 is 70.3. The normalized spacial score (nSPS) is 13.7. The average molecular weight is 589 g/mol. The summed E-state index contributed by atoms with van der Waals surface area (Å²) in [5.74, 6) is -1.53. The van der Waals surface area contributed by atoms with Gasteiger partial charge in [-0.15, -0.1) is 21.5 Å². The van der Waals surface area contributed by atoms with Gasteiger partial charge in [0.05, 0.1) is 26.9 Å². The lowest BCUT2D eigenvalue weighted by Crippen LogP contribution is -2.43. The Labute approximate surface area is 216 Å². The first-order valence-electron chi connectivity index (χ1n) is 9.77. The number of nitrogens with zero attached hydrogens (tertiary/aromatic N) is 3. The number of nitrogens with one attached hydrogen (secondary N) is 1. The van der Waals surface area contributed by atoms with E-state index in [9.17, 15) is 36.6 Å². The molecule has 196 valence electrons. The molecule has 2 aromatic heterocycles. The van der Waals surface area contributed by atoms with Crippen LogP contribution in [0.3, 0.4) is 0 Å². The quantitative estimate of drug-likeness (QED) is 0.347. The maximum absolute atomic E-state index is 12.8. The number of benzene rings is 1. The van der Waals surface area contributed by atoms with Gasteiger partial charge in [-0.25, -0.2) is 18.2 Å². The number of aromatic nitrogens is 3. The second kappa shape index (κ2) is 9.87. The molecule has 36 heavy (non-hydrogen) atoms. The van der Waals surface area contributed by atoms with Crippen LogP contribution in [-0.2, 0) is 16.4 Å². The number of aliphatic hydroxyl groups is 1. The highest BCUT2D eigenvalue weighted by molar-refractivity contribution is 7.89. The largest absolute Gasteiger partial charge is 0.476 e. The molecule has 3 rings (SSSR count). The molecule has 0 radical (unpaired) electrons. The summed E-state index contributed by atoms with van der Waals surface area (Å²) in [6, 6.07) is -0.415. The molecule has 0 saturated carbocycles. The Morgan fingerprint density at radius 1 is 1.22 bits per heavy atom. The standard InChI is InChI=1S/C19H17Cl2F3N4O6S2/c1-7(19(22,23)24)28-36(32,33)9-5-4-8(11(20)12(9)21)14-13(17(29)30)25-16(35-14)15-27-26-10(34-15)6-18(2,3)31/h4-5,7,28,31H,6H2,1-3H3,(H,29,30). The Bertz CT molecular complexity index is 1420. The molecular weight excluding hydrogens is 572 g/mol. The average Bonchev–Trinajstić information content (AvgIpc) is 3.34. The summed E-state index contributed by atoms with van der Waals surface area (Å²) in [6.07, 6.45) is -4.83. The second-order valence-electron chi connectivity index (χ2n) is 8.12. The Balaban J connectivity index is 2.04. The molecule has 0 bridgehead atoms. The molecule has 0 spiro atoms. The van der Waals surface area contributed by atoms with Crippen molar-refractivity contribution in [2.24, 2.45) is 0 Å². The highest BCUT2D eigenvalue weighted by Crippen LogP contribution is 2.43. The Kier molecular flexibility index (Phi) is 7.75. The van der Waals surface area contributed by atoms with Crippen molar-refractivity contribution >= 4 is 50.5 Å². The molecule has 17 heteroatoms. The maximum atomic E-state index is 12.8. The van der Waals surface area contributed by atoms with Crippen molar-refractivity contribution in [1.29, 1.82) is 0 Å². The smallest absolute Gasteiger partial charge is 0.404 e. The highest BCUT2D eigenvalue weighted by Gasteiger charge is 2.39. The third-order valence-electron chi connectivity index (χ3n) is 4.47. The minimum Gasteiger partial charge on any atom is -0.476 e. The number of hydrogen-bond donors (Lipinski definition) is 3. The topological polar surface area (TPSA) is 156 Å². The summed E-state index contributed by atoms with van der Waals surface area (Å²) in [4.78, 5) is 15.0. The van der Waals surface area contributed by atoms with Gasteiger partial charge in [0.2, 0.25) is 15.9 Å². The van der Waals surface area contributed by atoms with Gasteiger partial charge in [0.15, 0.2) is 10.7 Å². The number of halogens is 5. The second-order valence-corrected chi connectivity index (χ2v) is 11.6. The third kappa shape index (κ3) is 6.15. The molecule has 1 unspecified atom stereocenters. The van der Waals surface area contributed by atoms with Crippen LogP contribution >= 0.6 is 34.5 Å². The number of carboxylic acids is 1. The van der Waals surface area contributed by atoms with Gasteiger partial charge >= 0.3 is 12.1 Å². The Morgan fingerprint density at radius 2 is 1.86 bits per heavy atom. The van der Waals surface area contributed by atoms with Crippen LogP contribution in [0.5, 0.6) is 0 Å². The van der Waals surface area contributed by atoms with Crippen molar-refractivity contribution < 1.29 is 41.0 Å². The molecule has 3 aromatic rings. The van der Waals surface area contributed by atoms with Gasteiger partial charge in [0.25, 0.3) is 5.89 Å². The monoisotopic (exact) mass is 588 g/mol. The first-order chi connectivity index (χ1) is 16.4. The van der Waals surface area contributed by atoms with Crippen molar-refractivity contribution in [1.82, 2.24) is 19.9 Å². The van der Waals surface area contributed by atoms with Crippen LogP contribution in [0.2, 0.25) is 10.0 Å². The third-order valence-corrected chi connectivity index (χ3v) is 8.12. The molecule has 0 aliphatic carbocycles. The van der Waals surface area contributed by atoms with E-state index in [0.29, 0.717) is 6.92 Å². The lowest BCUT2D eigenvalue weighted by Gasteiger charge is -2.18. The van der Waals surface area contributed by atoms with E-state index < -0.39 is 54.4 Å². The highest BCUT2D eigenvalue weighted by atomic mass is 35.5. The van der Waals surface area contributed by atoms with Gasteiger partial charge in [-0.05, 0) is 26.8 Å². The predicted molar refractivity (Wildman–Crippen MR) is 124 cm³/mol. The van der Waals surface area contributed by atoms with Crippen molar-refractivity contribution in [3.63, 3.8) is 0 Å². The number of rotatable bonds is 8. The number of alkyl halides is 3. The van der Waals surface area contributed by atoms with Gasteiger partial charge in [0.1, 0.15) is 10.9 Å². The van der Waals surface area contributed by atoms with E-state index in [1.807, 2.05) is 0 Å². The maximum Gasteiger partial charge on any atom is 0.404 e. The molecule has 1 atom stereocenters. The number of hydrogen-bond acceptors (Lipinski definition) is 9. The van der Waals surface area contributed by atoms with E-state index in [-0.39, 0.29) is 33.7 Å². The molecule has 0 amide bonds. The van der Waals surface area contributed by atoms with Gasteiger partial charge in [-0.2, -0.15) is 17.9 Å². The molecule has 2 heterocycles. The van der Waals surface area contributed by atoms with Crippen LogP contribution in [-0.4, -0.2) is 57.6 Å². The van der Waals surface area contributed by atoms with E-state index in [0.717, 1.165) is 23.5 Å². The van der Waals surface area contributed by atoms with Crippen LogP contribution in [0.1, 0.15) is 37.2 Å². The fourth-order valence-corrected chi connectivity index (χ4v) is 5.96. The summed E-state index contributed by atoms with van der Waals surface area (Å²) in [5.41, 5.74) is -1.68. The summed E-state index contributed by atoms with van der Waals surface area (Å²) in [5, 5.41) is 26.0. The predicted octanol–water partition coefficient (Wildman–Crippen LogP) is 4.41. The van der Waals surface area contributed by atoms with Crippen molar-refractivity contribution in [3.05, 3.63) is 33.8 Å². The number of carboxylic acid groups (broad SMARTS) is 1. The summed E-state index contributed by atoms with van der Waals surface area (Å²) >= 11 is 13.1. The van der Waals surface area contributed by atoms with E-state index in [4.69, 9.17) is 27.6 Å². The van der Waals surface area contributed by atoms with Gasteiger partial charge in [0, 0.05) is 5.56 Å². The van der Waals surface area contributed by atoms with Crippen LogP contribution < -0.4 is 4.72 Å². The van der Waals surface area contributed by atoms with E-state index in [1.54, 1.807) is 0 Å². The molecule has 0 aliphatic heterocycles. The minimum atomic E-state index is -4.85. The molecule has 0 aliphatic rings. The number of thiazole rings is 1. The molecule has 3 N–H and O–H groups in total. The van der Waals surface area contributed by atoms with E-state index in [2.05, 4.69) is 15.2 Å². The zero-order valence-electron chi connectivity index (χ0n) is 18.5. The molecule has 1 aromatic carbocycles. The van der Waals surface area contributed by atoms with Gasteiger partial charge in [-0.3, -0.25) is 0 Å². The fraction of sp³-hybridized carbons (Fsp3) is 0.368. The van der Waals surface area contributed by atoms with Crippen molar-refractivity contribution in [2.45, 2.75) is 49.9 Å². The number of carbonyl (C=O) groups is 1. The molecule has 0 fully saturated rings. The van der Waals surface area contributed by atoms with Gasteiger partial charge in [-0.1, -0.05) is 29.3 Å². The van der Waals surface area contributed by atoms with Crippen molar-refractivity contribution in [2.75, 3.05) is 0 Å². The van der Waals surface area contributed by atoms with E-state index >= 15 is 0 Å². The number of sulfonamides is 1. The summed E-state index contributed by atoms with van der Waals surface area (Å²) in [7, 11) is -4.74. The SMILES string of the molecule is CC(NS(=O)(=O)c1ccc(-c2sc(-c3nnc(CC(C)(C)O)o3)nc2C(=O)O)c(Cl)c1Cl)C(F)(F)F. The zero-order valence-corrected chi connectivity index (χ0v) is 21.7. The molecular formula is C19H17Cl2F3N4O6S2. The summed E-state index contributed by atoms with van der Waals surface area (Å²) in [6.45, 7) is 3.66. The van der Waals surface area contributed by atoms with Crippen LogP contribution in [0, 0.1) is 0 Å². The zero-order chi connectivity index (χ0) is 27.2.